The Labute approximate surface area is 210 Å². The number of nitrogens with zero attached hydrogens (tertiary/aromatic N) is 2. The van der Waals surface area contributed by atoms with Crippen LogP contribution >= 0.6 is 11.3 Å². The molecular formula is C27H31N3O4S. The van der Waals surface area contributed by atoms with Crippen molar-refractivity contribution in [1.29, 1.82) is 0 Å². The summed E-state index contributed by atoms with van der Waals surface area (Å²) < 4.78 is 22.8. The van der Waals surface area contributed by atoms with Crippen molar-refractivity contribution in [2.75, 3.05) is 32.8 Å². The van der Waals surface area contributed by atoms with Crippen LogP contribution in [0.2, 0.25) is 0 Å². The van der Waals surface area contributed by atoms with Crippen LogP contribution in [0.15, 0.2) is 41.8 Å². The van der Waals surface area contributed by atoms with E-state index in [9.17, 15) is 0 Å². The van der Waals surface area contributed by atoms with E-state index in [-0.39, 0.29) is 0 Å². The summed E-state index contributed by atoms with van der Waals surface area (Å²) in [6, 6.07) is 11.8. The lowest BCUT2D eigenvalue weighted by Crippen LogP contribution is -2.03. The van der Waals surface area contributed by atoms with E-state index >= 15 is 0 Å². The van der Waals surface area contributed by atoms with E-state index in [4.69, 9.17) is 23.9 Å². The van der Waals surface area contributed by atoms with Gasteiger partial charge in [-0.3, -0.25) is 0 Å². The Kier molecular flexibility index (Phi) is 7.92. The molecule has 0 amide bonds. The molecule has 35 heavy (non-hydrogen) atoms. The average molecular weight is 494 g/mol. The normalized spacial score (nSPS) is 10.9. The summed E-state index contributed by atoms with van der Waals surface area (Å²) in [7, 11) is 3.27. The molecule has 0 aliphatic rings. The number of hydrogen-bond donors (Lipinski definition) is 1. The van der Waals surface area contributed by atoms with Crippen molar-refractivity contribution < 1.29 is 18.9 Å². The van der Waals surface area contributed by atoms with Crippen molar-refractivity contribution in [2.24, 2.45) is 0 Å². The summed E-state index contributed by atoms with van der Waals surface area (Å²) in [5, 5.41) is 6.55. The number of ether oxygens (including phenoxy) is 4. The lowest BCUT2D eigenvalue weighted by atomic mass is 10.1. The first-order valence-corrected chi connectivity index (χ1v) is 12.6. The van der Waals surface area contributed by atoms with E-state index in [1.165, 1.54) is 0 Å². The lowest BCUT2D eigenvalue weighted by molar-refractivity contribution is 0.268. The maximum atomic E-state index is 5.98. The first kappa shape index (κ1) is 24.6. The minimum atomic E-state index is 0.622. The number of aromatic nitrogens is 2. The van der Waals surface area contributed by atoms with Gasteiger partial charge in [-0.1, -0.05) is 19.9 Å². The van der Waals surface area contributed by atoms with E-state index in [1.807, 2.05) is 43.3 Å². The molecule has 4 rings (SSSR count). The highest BCUT2D eigenvalue weighted by Gasteiger charge is 2.17. The van der Waals surface area contributed by atoms with Gasteiger partial charge in [0.15, 0.2) is 23.0 Å². The van der Waals surface area contributed by atoms with Crippen LogP contribution in [-0.2, 0) is 0 Å². The third-order valence-corrected chi connectivity index (χ3v) is 6.24. The first-order valence-electron chi connectivity index (χ1n) is 11.7. The summed E-state index contributed by atoms with van der Waals surface area (Å²) in [4.78, 5) is 10.3. The number of hydrogen-bond acceptors (Lipinski definition) is 8. The van der Waals surface area contributed by atoms with Crippen molar-refractivity contribution >= 4 is 33.1 Å². The second kappa shape index (κ2) is 11.3. The van der Waals surface area contributed by atoms with Gasteiger partial charge in [-0.2, -0.15) is 0 Å². The number of benzene rings is 2. The fourth-order valence-electron chi connectivity index (χ4n) is 3.73. The number of nitrogens with one attached hydrogen (secondary N) is 1. The van der Waals surface area contributed by atoms with Gasteiger partial charge in [-0.25, -0.2) is 9.97 Å². The quantitative estimate of drug-likeness (QED) is 0.241. The number of aryl methyl sites for hydroxylation is 1. The third-order valence-electron chi connectivity index (χ3n) is 5.37. The number of rotatable bonds is 11. The zero-order valence-electron chi connectivity index (χ0n) is 20.8. The summed E-state index contributed by atoms with van der Waals surface area (Å²) in [5.41, 5.74) is 2.89. The average Bonchev–Trinajstić information content (AvgIpc) is 3.30. The van der Waals surface area contributed by atoms with Gasteiger partial charge in [-0.15, -0.1) is 11.3 Å². The van der Waals surface area contributed by atoms with Crippen LogP contribution in [0.1, 0.15) is 32.5 Å². The summed E-state index contributed by atoms with van der Waals surface area (Å²) >= 11 is 1.59. The molecule has 8 heteroatoms. The highest BCUT2D eigenvalue weighted by molar-refractivity contribution is 7.17. The van der Waals surface area contributed by atoms with E-state index in [0.29, 0.717) is 30.5 Å². The number of thiophene rings is 1. The standard InChI is InChI=1S/C27H31N3O4S/c1-6-12-33-22-11-9-19(15-24(22)34-13-7-2)30-26-25-20(16-35-27(25)29-17(3)28-26)18-8-10-21(31-4)23(14-18)32-5/h8-11,14-16H,6-7,12-13H2,1-5H3,(H,28,29,30). The van der Waals surface area contributed by atoms with Gasteiger partial charge >= 0.3 is 0 Å². The van der Waals surface area contributed by atoms with Crippen molar-refractivity contribution in [3.05, 3.63) is 47.6 Å². The molecule has 0 aliphatic heterocycles. The number of methoxy groups -OCH3 is 2. The van der Waals surface area contributed by atoms with Crippen LogP contribution < -0.4 is 24.3 Å². The Hall–Kier alpha value is -3.52. The van der Waals surface area contributed by atoms with Crippen molar-refractivity contribution in [1.82, 2.24) is 9.97 Å². The van der Waals surface area contributed by atoms with Gasteiger partial charge < -0.3 is 24.3 Å². The van der Waals surface area contributed by atoms with Crippen LogP contribution in [-0.4, -0.2) is 37.4 Å². The highest BCUT2D eigenvalue weighted by atomic mass is 32.1. The Bertz CT molecular complexity index is 1310. The maximum absolute atomic E-state index is 5.98. The zero-order chi connectivity index (χ0) is 24.8. The predicted molar refractivity (Wildman–Crippen MR) is 142 cm³/mol. The van der Waals surface area contributed by atoms with E-state index < -0.39 is 0 Å². The van der Waals surface area contributed by atoms with Gasteiger partial charge in [0.05, 0.1) is 32.8 Å². The van der Waals surface area contributed by atoms with Crippen molar-refractivity contribution in [3.8, 4) is 34.1 Å². The van der Waals surface area contributed by atoms with E-state index in [0.717, 1.165) is 57.2 Å². The topological polar surface area (TPSA) is 74.7 Å². The van der Waals surface area contributed by atoms with Gasteiger partial charge in [0.25, 0.3) is 0 Å². The van der Waals surface area contributed by atoms with Gasteiger partial charge in [0, 0.05) is 22.7 Å². The summed E-state index contributed by atoms with van der Waals surface area (Å²) in [6.45, 7) is 7.34. The number of anilines is 2. The SMILES string of the molecule is CCCOc1ccc(Nc2nc(C)nc3scc(-c4ccc(OC)c(OC)c4)c23)cc1OCCC. The highest BCUT2D eigenvalue weighted by Crippen LogP contribution is 2.41. The van der Waals surface area contributed by atoms with E-state index in [1.54, 1.807) is 25.6 Å². The molecule has 2 aromatic heterocycles. The number of fused-ring (bicyclic) bond motifs is 1. The monoisotopic (exact) mass is 493 g/mol. The van der Waals surface area contributed by atoms with Crippen LogP contribution in [0, 0.1) is 6.92 Å². The minimum Gasteiger partial charge on any atom is -0.493 e. The molecule has 0 atom stereocenters. The molecule has 184 valence electrons. The Morgan fingerprint density at radius 2 is 1.54 bits per heavy atom. The smallest absolute Gasteiger partial charge is 0.163 e. The van der Waals surface area contributed by atoms with Crippen LogP contribution in [0.25, 0.3) is 21.3 Å². The maximum Gasteiger partial charge on any atom is 0.163 e. The molecule has 1 N–H and O–H groups in total. The summed E-state index contributed by atoms with van der Waals surface area (Å²) in [6.07, 6.45) is 1.85. The van der Waals surface area contributed by atoms with Crippen LogP contribution in [0.5, 0.6) is 23.0 Å². The molecule has 7 nitrogen and oxygen atoms in total. The van der Waals surface area contributed by atoms with Gasteiger partial charge in [0.1, 0.15) is 16.5 Å². The van der Waals surface area contributed by atoms with Crippen LogP contribution in [0.4, 0.5) is 11.5 Å². The Morgan fingerprint density at radius 3 is 2.26 bits per heavy atom. The fraction of sp³-hybridized carbons (Fsp3) is 0.333. The second-order valence-corrected chi connectivity index (χ2v) is 8.86. The Balaban J connectivity index is 1.75. The molecule has 0 aliphatic carbocycles. The lowest BCUT2D eigenvalue weighted by Gasteiger charge is -2.15. The third kappa shape index (κ3) is 5.43. The predicted octanol–water partition coefficient (Wildman–Crippen LogP) is 7.01. The van der Waals surface area contributed by atoms with Crippen molar-refractivity contribution in [2.45, 2.75) is 33.6 Å². The minimum absolute atomic E-state index is 0.622. The molecule has 4 aromatic rings. The molecule has 2 heterocycles. The van der Waals surface area contributed by atoms with Gasteiger partial charge in [0.2, 0.25) is 0 Å². The van der Waals surface area contributed by atoms with Crippen molar-refractivity contribution in [3.63, 3.8) is 0 Å². The molecule has 2 aromatic carbocycles. The molecule has 0 saturated carbocycles. The molecule has 0 unspecified atom stereocenters. The molecule has 0 bridgehead atoms. The molecule has 0 spiro atoms. The molecule has 0 radical (unpaired) electrons. The molecule has 0 saturated heterocycles. The molecule has 0 fully saturated rings. The van der Waals surface area contributed by atoms with E-state index in [2.05, 4.69) is 29.5 Å². The zero-order valence-corrected chi connectivity index (χ0v) is 21.6. The largest absolute Gasteiger partial charge is 0.493 e. The van der Waals surface area contributed by atoms with Gasteiger partial charge in [-0.05, 0) is 49.6 Å². The first-order chi connectivity index (χ1) is 17.1. The molecular weight excluding hydrogens is 462 g/mol. The Morgan fingerprint density at radius 1 is 0.829 bits per heavy atom. The van der Waals surface area contributed by atoms with Crippen LogP contribution in [0.3, 0.4) is 0 Å². The second-order valence-electron chi connectivity index (χ2n) is 8.00. The fourth-order valence-corrected chi connectivity index (χ4v) is 4.73. The summed E-state index contributed by atoms with van der Waals surface area (Å²) in [5.74, 6) is 4.26.